The number of benzene rings is 2. The summed E-state index contributed by atoms with van der Waals surface area (Å²) in [5.74, 6) is -1.17. The molecule has 1 saturated heterocycles. The normalized spacial score (nSPS) is 24.8. The van der Waals surface area contributed by atoms with Crippen LogP contribution < -0.4 is 0 Å². The minimum absolute atomic E-state index is 0.0310. The van der Waals surface area contributed by atoms with Gasteiger partial charge < -0.3 is 23.7 Å². The Balaban J connectivity index is 1.82. The minimum Gasteiger partial charge on any atom is -0.453 e. The molecule has 0 saturated carbocycles. The van der Waals surface area contributed by atoms with Gasteiger partial charge in [0.1, 0.15) is 11.7 Å². The van der Waals surface area contributed by atoms with Gasteiger partial charge in [0.15, 0.2) is 6.10 Å². The van der Waals surface area contributed by atoms with Gasteiger partial charge in [-0.2, -0.15) is 0 Å². The van der Waals surface area contributed by atoms with Crippen molar-refractivity contribution in [3.8, 4) is 0 Å². The van der Waals surface area contributed by atoms with Crippen LogP contribution in [-0.4, -0.2) is 48.5 Å². The van der Waals surface area contributed by atoms with Gasteiger partial charge in [-0.05, 0) is 11.1 Å². The third-order valence-electron chi connectivity index (χ3n) is 4.98. The highest BCUT2D eigenvalue weighted by Gasteiger charge is 2.59. The van der Waals surface area contributed by atoms with Crippen molar-refractivity contribution in [1.82, 2.24) is 0 Å². The highest BCUT2D eigenvalue weighted by molar-refractivity contribution is 6.18. The lowest BCUT2D eigenvalue weighted by Gasteiger charge is -2.32. The Bertz CT molecular complexity index is 876. The summed E-state index contributed by atoms with van der Waals surface area (Å²) < 4.78 is 28.9. The fraction of sp³-hybridized carbons (Fsp3) is 0.417. The Morgan fingerprint density at radius 3 is 2.00 bits per heavy atom. The van der Waals surface area contributed by atoms with Gasteiger partial charge in [-0.3, -0.25) is 9.59 Å². The van der Waals surface area contributed by atoms with E-state index in [9.17, 15) is 9.59 Å². The lowest BCUT2D eigenvalue weighted by atomic mass is 9.97. The number of hydrogen-bond acceptors (Lipinski definition) is 7. The predicted octanol–water partition coefficient (Wildman–Crippen LogP) is 3.62. The van der Waals surface area contributed by atoms with E-state index < -0.39 is 36.0 Å². The number of esters is 2. The van der Waals surface area contributed by atoms with E-state index in [2.05, 4.69) is 0 Å². The van der Waals surface area contributed by atoms with Crippen molar-refractivity contribution in [2.75, 3.05) is 12.5 Å². The highest BCUT2D eigenvalue weighted by atomic mass is 35.5. The summed E-state index contributed by atoms with van der Waals surface area (Å²) in [6.07, 6.45) is -3.00. The molecule has 1 heterocycles. The van der Waals surface area contributed by atoms with Gasteiger partial charge in [0.05, 0.1) is 25.7 Å². The first-order valence-electron chi connectivity index (χ1n) is 10.3. The quantitative estimate of drug-likeness (QED) is 0.394. The van der Waals surface area contributed by atoms with Gasteiger partial charge >= 0.3 is 11.9 Å². The number of carbonyl (C=O) groups excluding carboxylic acids is 2. The second kappa shape index (κ2) is 11.4. The lowest BCUT2D eigenvalue weighted by molar-refractivity contribution is -0.208. The van der Waals surface area contributed by atoms with Gasteiger partial charge in [-0.25, -0.2) is 0 Å². The summed E-state index contributed by atoms with van der Waals surface area (Å²) in [4.78, 5) is 23.5. The van der Waals surface area contributed by atoms with Crippen LogP contribution in [0.25, 0.3) is 0 Å². The molecule has 1 aliphatic rings. The molecule has 3 rings (SSSR count). The van der Waals surface area contributed by atoms with E-state index >= 15 is 0 Å². The molecule has 4 unspecified atom stereocenters. The summed E-state index contributed by atoms with van der Waals surface area (Å²) in [7, 11) is 0. The maximum absolute atomic E-state index is 11.8. The van der Waals surface area contributed by atoms with Crippen molar-refractivity contribution >= 4 is 23.5 Å². The molecule has 0 N–H and O–H groups in total. The zero-order valence-electron chi connectivity index (χ0n) is 18.1. The molecule has 4 atom stereocenters. The smallest absolute Gasteiger partial charge is 0.305 e. The second-order valence-corrected chi connectivity index (χ2v) is 7.83. The Kier molecular flexibility index (Phi) is 8.64. The van der Waals surface area contributed by atoms with Crippen LogP contribution in [0.4, 0.5) is 0 Å². The number of hydrogen-bond donors (Lipinski definition) is 0. The molecule has 0 bridgehead atoms. The largest absolute Gasteiger partial charge is 0.453 e. The maximum atomic E-state index is 11.8. The van der Waals surface area contributed by atoms with Crippen LogP contribution in [0.2, 0.25) is 0 Å². The van der Waals surface area contributed by atoms with Crippen LogP contribution in [0.1, 0.15) is 25.0 Å². The molecule has 172 valence electrons. The van der Waals surface area contributed by atoms with Crippen molar-refractivity contribution in [3.05, 3.63) is 71.8 Å². The van der Waals surface area contributed by atoms with Crippen LogP contribution in [0, 0.1) is 0 Å². The van der Waals surface area contributed by atoms with Gasteiger partial charge in [0.2, 0.25) is 6.29 Å². The van der Waals surface area contributed by atoms with Crippen molar-refractivity contribution in [3.63, 3.8) is 0 Å². The summed E-state index contributed by atoms with van der Waals surface area (Å²) >= 11 is 6.36. The molecule has 0 amide bonds. The monoisotopic (exact) mass is 462 g/mol. The minimum atomic E-state index is -1.20. The van der Waals surface area contributed by atoms with Crippen LogP contribution in [0.3, 0.4) is 0 Å². The predicted molar refractivity (Wildman–Crippen MR) is 117 cm³/mol. The van der Waals surface area contributed by atoms with Gasteiger partial charge in [-0.1, -0.05) is 60.7 Å². The third-order valence-corrected chi connectivity index (χ3v) is 5.43. The van der Waals surface area contributed by atoms with Crippen molar-refractivity contribution < 1.29 is 33.3 Å². The standard InChI is InChI=1S/C24H27ClO7/c1-17(26)30-21-22(29-14-20-11-7-4-8-12-20)24(15-25,32-23(21)31-18(2)27)16-28-13-19-9-5-3-6-10-19/h3-12,21-23H,13-16H2,1-2H3. The first-order chi connectivity index (χ1) is 15.4. The van der Waals surface area contributed by atoms with Crippen LogP contribution in [0.5, 0.6) is 0 Å². The fourth-order valence-electron chi connectivity index (χ4n) is 3.56. The van der Waals surface area contributed by atoms with Crippen LogP contribution in [0.15, 0.2) is 60.7 Å². The summed E-state index contributed by atoms with van der Waals surface area (Å²) in [6, 6.07) is 19.2. The number of ether oxygens (including phenoxy) is 5. The molecule has 8 heteroatoms. The lowest BCUT2D eigenvalue weighted by Crippen LogP contribution is -2.51. The van der Waals surface area contributed by atoms with Gasteiger partial charge in [0, 0.05) is 13.8 Å². The molecule has 0 aliphatic carbocycles. The molecule has 2 aromatic rings. The summed E-state index contributed by atoms with van der Waals surface area (Å²) in [6.45, 7) is 3.11. The van der Waals surface area contributed by atoms with E-state index in [0.29, 0.717) is 6.61 Å². The van der Waals surface area contributed by atoms with E-state index in [4.69, 9.17) is 35.3 Å². The van der Waals surface area contributed by atoms with E-state index in [1.165, 1.54) is 13.8 Å². The maximum Gasteiger partial charge on any atom is 0.305 e. The number of carbonyl (C=O) groups is 2. The molecule has 0 spiro atoms. The average Bonchev–Trinajstić information content (AvgIpc) is 3.05. The Morgan fingerprint density at radius 2 is 1.47 bits per heavy atom. The van der Waals surface area contributed by atoms with E-state index in [0.717, 1.165) is 11.1 Å². The van der Waals surface area contributed by atoms with E-state index in [1.54, 1.807) is 0 Å². The number of halogens is 1. The SMILES string of the molecule is CC(=O)OC1OC(CCl)(COCc2ccccc2)C(OCc2ccccc2)C1OC(C)=O. The molecule has 1 fully saturated rings. The molecule has 32 heavy (non-hydrogen) atoms. The molecular weight excluding hydrogens is 436 g/mol. The Labute approximate surface area is 192 Å². The van der Waals surface area contributed by atoms with Gasteiger partial charge in [-0.15, -0.1) is 11.6 Å². The topological polar surface area (TPSA) is 80.3 Å². The second-order valence-electron chi connectivity index (χ2n) is 7.56. The van der Waals surface area contributed by atoms with Crippen molar-refractivity contribution in [2.24, 2.45) is 0 Å². The van der Waals surface area contributed by atoms with Crippen molar-refractivity contribution in [2.45, 2.75) is 51.2 Å². The van der Waals surface area contributed by atoms with E-state index in [1.807, 2.05) is 60.7 Å². The molecule has 7 nitrogen and oxygen atoms in total. The number of alkyl halides is 1. The van der Waals surface area contributed by atoms with Crippen LogP contribution in [-0.2, 0) is 46.5 Å². The van der Waals surface area contributed by atoms with E-state index in [-0.39, 0.29) is 19.1 Å². The molecule has 0 radical (unpaired) electrons. The van der Waals surface area contributed by atoms with Crippen LogP contribution >= 0.6 is 11.6 Å². The first-order valence-corrected chi connectivity index (χ1v) is 10.8. The molecule has 0 aromatic heterocycles. The fourth-order valence-corrected chi connectivity index (χ4v) is 3.85. The number of rotatable bonds is 10. The summed E-state index contributed by atoms with van der Waals surface area (Å²) in [5.41, 5.74) is 0.689. The highest BCUT2D eigenvalue weighted by Crippen LogP contribution is 2.38. The third kappa shape index (κ3) is 6.29. The molecule has 2 aromatic carbocycles. The zero-order valence-corrected chi connectivity index (χ0v) is 18.8. The van der Waals surface area contributed by atoms with Crippen molar-refractivity contribution in [1.29, 1.82) is 0 Å². The van der Waals surface area contributed by atoms with Gasteiger partial charge in [0.25, 0.3) is 0 Å². The first kappa shape index (κ1) is 24.2. The average molecular weight is 463 g/mol. The summed E-state index contributed by atoms with van der Waals surface area (Å²) in [5, 5.41) is 0. The molecule has 1 aliphatic heterocycles. The Morgan fingerprint density at radius 1 is 0.906 bits per heavy atom. The zero-order chi connectivity index (χ0) is 23.0. The Hall–Kier alpha value is -2.45. The molecular formula is C24H27ClO7.